The number of aliphatic hydroxyl groups is 3. The summed E-state index contributed by atoms with van der Waals surface area (Å²) in [6.45, 7) is 3.47. The first kappa shape index (κ1) is 81.8. The summed E-state index contributed by atoms with van der Waals surface area (Å²) in [4.78, 5) is 201. The van der Waals surface area contributed by atoms with Crippen molar-refractivity contribution in [3.63, 3.8) is 0 Å². The van der Waals surface area contributed by atoms with Crippen molar-refractivity contribution in [2.24, 2.45) is 39.6 Å². The maximum atomic E-state index is 14.2. The lowest BCUT2D eigenvalue weighted by Gasteiger charge is -2.31. The molecule has 1 aromatic heterocycles. The van der Waals surface area contributed by atoms with E-state index in [1.54, 1.807) is 74.5 Å². The van der Waals surface area contributed by atoms with Crippen molar-refractivity contribution in [3.8, 4) is 0 Å². The van der Waals surface area contributed by atoms with E-state index in [-0.39, 0.29) is 76.3 Å². The number of aromatic nitrogens is 2. The molecule has 37 nitrogen and oxygen atoms in total. The van der Waals surface area contributed by atoms with Gasteiger partial charge in [0.15, 0.2) is 5.96 Å². The number of likely N-dealkylation sites (tertiary alicyclic amines) is 1. The molecule has 13 atom stereocenters. The van der Waals surface area contributed by atoms with E-state index in [4.69, 9.17) is 28.7 Å². The first-order chi connectivity index (χ1) is 47.3. The molecule has 4 rings (SSSR count). The lowest BCUT2D eigenvalue weighted by molar-refractivity contribution is -0.145. The van der Waals surface area contributed by atoms with Gasteiger partial charge in [-0.05, 0) is 75.8 Å². The molecule has 2 aromatic carbocycles. The average Bonchev–Trinajstić information content (AvgIpc) is 1.60. The fourth-order valence-corrected chi connectivity index (χ4v) is 10.4. The fourth-order valence-electron chi connectivity index (χ4n) is 10.4. The van der Waals surface area contributed by atoms with Gasteiger partial charge in [-0.25, -0.2) is 9.78 Å². The van der Waals surface area contributed by atoms with Crippen LogP contribution in [0.4, 0.5) is 0 Å². The van der Waals surface area contributed by atoms with Gasteiger partial charge in [0.1, 0.15) is 66.5 Å². The van der Waals surface area contributed by atoms with Gasteiger partial charge in [0.25, 0.3) is 0 Å². The van der Waals surface area contributed by atoms with Crippen molar-refractivity contribution >= 4 is 88.7 Å². The number of nitrogens with zero attached hydrogens (tertiary/aromatic N) is 3. The maximum absolute atomic E-state index is 14.2. The monoisotopic (exact) mass is 1400 g/mol. The van der Waals surface area contributed by atoms with E-state index in [1.165, 1.54) is 26.4 Å². The van der Waals surface area contributed by atoms with Gasteiger partial charge >= 0.3 is 5.97 Å². The topological polar surface area (TPSA) is 615 Å². The zero-order valence-electron chi connectivity index (χ0n) is 55.9. The minimum Gasteiger partial charge on any atom is -0.480 e. The molecule has 1 fully saturated rings. The second-order valence-electron chi connectivity index (χ2n) is 24.4. The van der Waals surface area contributed by atoms with Gasteiger partial charge in [-0.2, -0.15) is 0 Å². The smallest absolute Gasteiger partial charge is 0.326 e. The Labute approximate surface area is 575 Å². The van der Waals surface area contributed by atoms with Gasteiger partial charge in [-0.3, -0.25) is 67.3 Å². The third kappa shape index (κ3) is 27.3. The molecule has 1 saturated heterocycles. The van der Waals surface area contributed by atoms with Gasteiger partial charge < -0.3 is 112 Å². The Morgan fingerprint density at radius 3 is 1.61 bits per heavy atom. The fraction of sp³-hybridized carbons (Fsp3) is 0.524. The van der Waals surface area contributed by atoms with Crippen LogP contribution in [0.5, 0.6) is 0 Å². The molecule has 100 heavy (non-hydrogen) atoms. The predicted octanol–water partition coefficient (Wildman–Crippen LogP) is -7.69. The number of aliphatic imine (C=N–C) groups is 1. The Balaban J connectivity index is 1.46. The van der Waals surface area contributed by atoms with Crippen LogP contribution < -0.4 is 81.8 Å². The highest BCUT2D eigenvalue weighted by molar-refractivity contribution is 6.00. The third-order valence-electron chi connectivity index (χ3n) is 15.7. The van der Waals surface area contributed by atoms with Crippen molar-refractivity contribution < 1.29 is 87.5 Å². The zero-order valence-corrected chi connectivity index (χ0v) is 55.9. The van der Waals surface area contributed by atoms with Crippen LogP contribution in [0.25, 0.3) is 0 Å². The number of guanidine groups is 1. The highest BCUT2D eigenvalue weighted by Gasteiger charge is 2.42. The number of hydrogen-bond donors (Lipinski definition) is 20. The Hall–Kier alpha value is -10.7. The summed E-state index contributed by atoms with van der Waals surface area (Å²) in [7, 11) is 0. The van der Waals surface area contributed by atoms with E-state index in [2.05, 4.69) is 68.1 Å². The van der Waals surface area contributed by atoms with E-state index in [0.29, 0.717) is 11.3 Å². The average molecular weight is 1400 g/mol. The number of benzene rings is 2. The number of aromatic amines is 1. The molecule has 37 heteroatoms. The molecule has 25 N–H and O–H groups in total. The molecule has 0 spiro atoms. The number of primary amides is 2. The largest absolute Gasteiger partial charge is 0.480 e. The number of H-pyrrole nitrogens is 1. The van der Waals surface area contributed by atoms with Gasteiger partial charge in [-0.15, -0.1) is 0 Å². The minimum absolute atomic E-state index is 0.0244. The van der Waals surface area contributed by atoms with E-state index >= 15 is 0 Å². The summed E-state index contributed by atoms with van der Waals surface area (Å²) in [5, 5.41) is 65.2. The molecular formula is C63H93N19O18. The highest BCUT2D eigenvalue weighted by atomic mass is 16.4. The van der Waals surface area contributed by atoms with E-state index < -0.39 is 194 Å². The van der Waals surface area contributed by atoms with Crippen molar-refractivity contribution in [1.82, 2.24) is 68.0 Å². The molecule has 1 unspecified atom stereocenters. The van der Waals surface area contributed by atoms with Crippen LogP contribution in [0, 0.1) is 5.92 Å². The number of nitrogens with two attached hydrogens (primary N) is 5. The van der Waals surface area contributed by atoms with Crippen LogP contribution in [0.15, 0.2) is 78.2 Å². The summed E-state index contributed by atoms with van der Waals surface area (Å²) >= 11 is 0. The van der Waals surface area contributed by atoms with E-state index in [1.807, 2.05) is 0 Å². The summed E-state index contributed by atoms with van der Waals surface area (Å²) in [6, 6.07) is -1.90. The number of carbonyl (C=O) groups excluding carboxylic acids is 13. The van der Waals surface area contributed by atoms with E-state index in [9.17, 15) is 87.5 Å². The molecule has 0 radical (unpaired) electrons. The molecule has 0 aliphatic carbocycles. The molecular weight excluding hydrogens is 1310 g/mol. The number of nitrogens with one attached hydrogen (secondary N) is 11. The molecule has 2 heterocycles. The number of hydrogen-bond acceptors (Lipinski definition) is 20. The summed E-state index contributed by atoms with van der Waals surface area (Å²) in [6.07, 6.45) is -1.04. The summed E-state index contributed by atoms with van der Waals surface area (Å²) < 4.78 is 0. The number of carbonyl (C=O) groups is 14. The minimum atomic E-state index is -2.00. The molecule has 1 aliphatic rings. The van der Waals surface area contributed by atoms with Crippen LogP contribution in [-0.4, -0.2) is 229 Å². The number of carboxylic acid groups (broad SMARTS) is 1. The van der Waals surface area contributed by atoms with Gasteiger partial charge in [0.05, 0.1) is 38.1 Å². The maximum Gasteiger partial charge on any atom is 0.326 e. The number of carboxylic acids is 1. The SMILES string of the molecule is CC(C)C[C@H](NC(=O)[C@H](CCCN=C(N)N)NC(=O)[C@H](Cc1ccccc1)NC(=O)[C@H](C)NC(=O)[C@H](CO)NC(=O)[C@H](CC(N)=O)NC(=O)[C@H](CCC(N)=O)NC(=O)[C@H](CO)NC(=O)[C@@H]1CCCN1C(=O)[C@@H](NC(=O)[C@H](Cc1cnc[nH]1)NC(=O)[C@@H](N)Cc1ccccc1)C(C)O)C(=O)O. The van der Waals surface area contributed by atoms with Crippen molar-refractivity contribution in [3.05, 3.63) is 90.0 Å². The molecule has 0 saturated carbocycles. The highest BCUT2D eigenvalue weighted by Crippen LogP contribution is 2.21. The van der Waals surface area contributed by atoms with Crippen LogP contribution in [0.2, 0.25) is 0 Å². The van der Waals surface area contributed by atoms with Gasteiger partial charge in [-0.1, -0.05) is 74.5 Å². The van der Waals surface area contributed by atoms with Crippen LogP contribution in [0.3, 0.4) is 0 Å². The first-order valence-corrected chi connectivity index (χ1v) is 32.2. The standard InChI is InChI=1S/C63H93N19O18/c1-32(2)23-44(62(99)100)78-53(90)39(17-11-21-70-63(67)68)73-55(92)41(25-36-15-9-6-10-16-36)75-51(88)33(3)72-58(95)45(29-83)79-56(93)43(27-49(66)87)77-54(91)40(19-20-48(65)86)74-59(96)46(30-84)80-60(97)47-18-12-22-82(47)61(98)50(34(4)85)81-57(94)42(26-37-28-69-31-71-37)76-52(89)38(64)24-35-13-7-5-8-14-35/h5-10,13-16,28,31-34,38-47,50,83-85H,11-12,17-27,29-30,64H2,1-4H3,(H2,65,86)(H2,66,87)(H,69,71)(H,72,95)(H,73,92)(H,74,96)(H,75,88)(H,76,89)(H,77,91)(H,78,90)(H,79,93)(H,80,97)(H,81,94)(H,99,100)(H4,67,68,70)/t33-,34?,38-,39-,40-,41-,42-,43-,44-,45-,46-,47-,50-/m0/s1. The van der Waals surface area contributed by atoms with Crippen LogP contribution in [0.1, 0.15) is 95.9 Å². The van der Waals surface area contributed by atoms with Crippen molar-refractivity contribution in [1.29, 1.82) is 0 Å². The zero-order chi connectivity index (χ0) is 74.3. The van der Waals surface area contributed by atoms with Gasteiger partial charge in [0, 0.05) is 44.2 Å². The first-order valence-electron chi connectivity index (χ1n) is 32.2. The normalized spacial score (nSPS) is 16.2. The van der Waals surface area contributed by atoms with Crippen molar-refractivity contribution in [2.45, 2.75) is 177 Å². The van der Waals surface area contributed by atoms with Gasteiger partial charge in [0.2, 0.25) is 76.8 Å². The Morgan fingerprint density at radius 1 is 0.580 bits per heavy atom. The van der Waals surface area contributed by atoms with E-state index in [0.717, 1.165) is 10.5 Å². The molecule has 3 aromatic rings. The van der Waals surface area contributed by atoms with Crippen LogP contribution in [-0.2, 0) is 86.4 Å². The molecule has 548 valence electrons. The molecule has 13 amide bonds. The number of amides is 13. The Bertz CT molecular complexity index is 3320. The predicted molar refractivity (Wildman–Crippen MR) is 355 cm³/mol. The molecule has 0 bridgehead atoms. The Morgan fingerprint density at radius 2 is 1.07 bits per heavy atom. The summed E-state index contributed by atoms with van der Waals surface area (Å²) in [5.41, 5.74) is 29.6. The second kappa shape index (κ2) is 40.9. The number of rotatable bonds is 42. The lowest BCUT2D eigenvalue weighted by Crippen LogP contribution is -2.62. The quantitative estimate of drug-likeness (QED) is 0.0142. The third-order valence-corrected chi connectivity index (χ3v) is 15.7. The number of aliphatic hydroxyl groups excluding tert-OH is 3. The second-order valence-corrected chi connectivity index (χ2v) is 24.4. The summed E-state index contributed by atoms with van der Waals surface area (Å²) in [5.74, 6) is -15.4. The number of aliphatic carboxylic acids is 1. The van der Waals surface area contributed by atoms with Crippen molar-refractivity contribution in [2.75, 3.05) is 26.3 Å². The number of imidazole rings is 1. The van der Waals surface area contributed by atoms with Crippen LogP contribution >= 0.6 is 0 Å². The molecule has 1 aliphatic heterocycles. The lowest BCUT2D eigenvalue weighted by atomic mass is 10.0. The Kier molecular flexibility index (Phi) is 33.5.